The molecule has 0 bridgehead atoms. The molecule has 0 saturated carbocycles. The van der Waals surface area contributed by atoms with Crippen LogP contribution in [0.4, 0.5) is 5.69 Å². The van der Waals surface area contributed by atoms with E-state index >= 15 is 0 Å². The first-order valence-corrected chi connectivity index (χ1v) is 8.28. The van der Waals surface area contributed by atoms with Gasteiger partial charge in [-0.25, -0.2) is 4.98 Å². The molecular weight excluding hydrogens is 320 g/mol. The molecule has 1 aromatic carbocycles. The standard InChI is InChI=1S/C18H24N4O3/c1-12(2)17(20-7-6-15-10-19-11-21-15)18(25)22-14-5-3-4-13(8-14)9-16(23)24/h3-5,8,10-12,17,20H,6-7,9H2,1-2H3,(H,19,21)(H,22,25)(H,23,24)/t17-/m0/s1. The first-order chi connectivity index (χ1) is 12.0. The molecule has 0 spiro atoms. The Hall–Kier alpha value is -2.67. The average Bonchev–Trinajstić information content (AvgIpc) is 3.04. The maximum atomic E-state index is 12.6. The van der Waals surface area contributed by atoms with Gasteiger partial charge in [-0.2, -0.15) is 0 Å². The summed E-state index contributed by atoms with van der Waals surface area (Å²) in [5.41, 5.74) is 2.26. The number of carbonyl (C=O) groups excluding carboxylic acids is 1. The zero-order valence-corrected chi connectivity index (χ0v) is 14.5. The molecule has 1 atom stereocenters. The van der Waals surface area contributed by atoms with Crippen LogP contribution in [0, 0.1) is 5.92 Å². The van der Waals surface area contributed by atoms with Gasteiger partial charge in [0.15, 0.2) is 0 Å². The van der Waals surface area contributed by atoms with Crippen molar-refractivity contribution in [3.05, 3.63) is 48.0 Å². The molecule has 1 amide bonds. The van der Waals surface area contributed by atoms with Gasteiger partial charge in [-0.3, -0.25) is 9.59 Å². The van der Waals surface area contributed by atoms with Crippen LogP contribution in [-0.4, -0.2) is 39.5 Å². The molecule has 0 aliphatic carbocycles. The van der Waals surface area contributed by atoms with E-state index in [-0.39, 0.29) is 24.3 Å². The minimum atomic E-state index is -0.899. The van der Waals surface area contributed by atoms with Gasteiger partial charge in [0.2, 0.25) is 5.91 Å². The van der Waals surface area contributed by atoms with Gasteiger partial charge in [-0.15, -0.1) is 0 Å². The quantitative estimate of drug-likeness (QED) is 0.555. The third kappa shape index (κ3) is 6.04. The molecule has 134 valence electrons. The molecular formula is C18H24N4O3. The number of aromatic nitrogens is 2. The summed E-state index contributed by atoms with van der Waals surface area (Å²) in [6.07, 6.45) is 4.08. The van der Waals surface area contributed by atoms with Crippen LogP contribution in [0.25, 0.3) is 0 Å². The summed E-state index contributed by atoms with van der Waals surface area (Å²) in [5.74, 6) is -0.917. The van der Waals surface area contributed by atoms with Crippen molar-refractivity contribution in [2.24, 2.45) is 5.92 Å². The number of benzene rings is 1. The van der Waals surface area contributed by atoms with E-state index in [0.29, 0.717) is 17.8 Å². The number of carboxylic acids is 1. The van der Waals surface area contributed by atoms with E-state index in [1.807, 2.05) is 13.8 Å². The van der Waals surface area contributed by atoms with Crippen LogP contribution < -0.4 is 10.6 Å². The van der Waals surface area contributed by atoms with E-state index in [4.69, 9.17) is 5.11 Å². The molecule has 2 aromatic rings. The Morgan fingerprint density at radius 3 is 2.76 bits per heavy atom. The SMILES string of the molecule is CC(C)[C@H](NCCc1cnc[nH]1)C(=O)Nc1cccc(CC(=O)O)c1. The van der Waals surface area contributed by atoms with Crippen molar-refractivity contribution in [2.45, 2.75) is 32.7 Å². The predicted octanol–water partition coefficient (Wildman–Crippen LogP) is 1.83. The first-order valence-electron chi connectivity index (χ1n) is 8.28. The largest absolute Gasteiger partial charge is 0.481 e. The molecule has 7 nitrogen and oxygen atoms in total. The number of rotatable bonds is 9. The van der Waals surface area contributed by atoms with Crippen molar-refractivity contribution in [3.63, 3.8) is 0 Å². The summed E-state index contributed by atoms with van der Waals surface area (Å²) in [4.78, 5) is 30.4. The highest BCUT2D eigenvalue weighted by Gasteiger charge is 2.21. The maximum Gasteiger partial charge on any atom is 0.307 e. The van der Waals surface area contributed by atoms with Crippen molar-refractivity contribution in [1.29, 1.82) is 0 Å². The average molecular weight is 344 g/mol. The zero-order valence-electron chi connectivity index (χ0n) is 14.5. The number of carbonyl (C=O) groups is 2. The monoisotopic (exact) mass is 344 g/mol. The second kappa shape index (κ2) is 8.98. The van der Waals surface area contributed by atoms with Crippen LogP contribution in [0.1, 0.15) is 25.1 Å². The summed E-state index contributed by atoms with van der Waals surface area (Å²) in [6, 6.07) is 6.57. The van der Waals surface area contributed by atoms with Crippen LogP contribution >= 0.6 is 0 Å². The molecule has 0 aliphatic rings. The molecule has 0 fully saturated rings. The normalized spacial score (nSPS) is 12.1. The van der Waals surface area contributed by atoms with Gasteiger partial charge >= 0.3 is 5.97 Å². The van der Waals surface area contributed by atoms with Gasteiger partial charge in [-0.05, 0) is 23.6 Å². The Morgan fingerprint density at radius 1 is 1.32 bits per heavy atom. The summed E-state index contributed by atoms with van der Waals surface area (Å²) < 4.78 is 0. The number of hydrogen-bond acceptors (Lipinski definition) is 4. The van der Waals surface area contributed by atoms with Crippen molar-refractivity contribution in [3.8, 4) is 0 Å². The lowest BCUT2D eigenvalue weighted by molar-refractivity contribution is -0.136. The number of amides is 1. The smallest absolute Gasteiger partial charge is 0.307 e. The summed E-state index contributed by atoms with van der Waals surface area (Å²) >= 11 is 0. The van der Waals surface area contributed by atoms with Crippen molar-refractivity contribution < 1.29 is 14.7 Å². The topological polar surface area (TPSA) is 107 Å². The highest BCUT2D eigenvalue weighted by atomic mass is 16.4. The number of H-pyrrole nitrogens is 1. The second-order valence-corrected chi connectivity index (χ2v) is 6.26. The molecule has 0 aliphatic heterocycles. The number of aliphatic carboxylic acids is 1. The Labute approximate surface area is 146 Å². The minimum absolute atomic E-state index is 0.0697. The molecule has 0 radical (unpaired) electrons. The fraction of sp³-hybridized carbons (Fsp3) is 0.389. The first kappa shape index (κ1) is 18.7. The number of aromatic amines is 1. The molecule has 2 rings (SSSR count). The van der Waals surface area contributed by atoms with E-state index < -0.39 is 5.97 Å². The number of imidazole rings is 1. The highest BCUT2D eigenvalue weighted by Crippen LogP contribution is 2.13. The molecule has 7 heteroatoms. The van der Waals surface area contributed by atoms with E-state index in [0.717, 1.165) is 12.1 Å². The van der Waals surface area contributed by atoms with Crippen LogP contribution in [0.2, 0.25) is 0 Å². The molecule has 4 N–H and O–H groups in total. The van der Waals surface area contributed by atoms with Crippen LogP contribution in [0.5, 0.6) is 0 Å². The van der Waals surface area contributed by atoms with E-state index in [1.165, 1.54) is 0 Å². The van der Waals surface area contributed by atoms with E-state index in [1.54, 1.807) is 36.8 Å². The van der Waals surface area contributed by atoms with E-state index in [2.05, 4.69) is 20.6 Å². The number of hydrogen-bond donors (Lipinski definition) is 4. The Kier molecular flexibility index (Phi) is 6.71. The maximum absolute atomic E-state index is 12.6. The molecule has 0 unspecified atom stereocenters. The van der Waals surface area contributed by atoms with Gasteiger partial charge < -0.3 is 20.7 Å². The highest BCUT2D eigenvalue weighted by molar-refractivity contribution is 5.95. The lowest BCUT2D eigenvalue weighted by Gasteiger charge is -2.22. The fourth-order valence-corrected chi connectivity index (χ4v) is 2.57. The number of carboxylic acid groups (broad SMARTS) is 1. The third-order valence-corrected chi connectivity index (χ3v) is 3.81. The fourth-order valence-electron chi connectivity index (χ4n) is 2.57. The number of nitrogens with zero attached hydrogens (tertiary/aromatic N) is 1. The second-order valence-electron chi connectivity index (χ2n) is 6.26. The van der Waals surface area contributed by atoms with Gasteiger partial charge in [0.05, 0.1) is 18.8 Å². The zero-order chi connectivity index (χ0) is 18.2. The molecule has 1 aromatic heterocycles. The van der Waals surface area contributed by atoms with Crippen molar-refractivity contribution in [2.75, 3.05) is 11.9 Å². The third-order valence-electron chi connectivity index (χ3n) is 3.81. The summed E-state index contributed by atoms with van der Waals surface area (Å²) in [6.45, 7) is 4.61. The van der Waals surface area contributed by atoms with Gasteiger partial charge in [0, 0.05) is 30.5 Å². The van der Waals surface area contributed by atoms with Gasteiger partial charge in [0.1, 0.15) is 0 Å². The van der Waals surface area contributed by atoms with E-state index in [9.17, 15) is 9.59 Å². The number of nitrogens with one attached hydrogen (secondary N) is 3. The van der Waals surface area contributed by atoms with Crippen LogP contribution in [0.15, 0.2) is 36.8 Å². The van der Waals surface area contributed by atoms with Gasteiger partial charge in [-0.1, -0.05) is 26.0 Å². The minimum Gasteiger partial charge on any atom is -0.481 e. The Balaban J connectivity index is 1.94. The van der Waals surface area contributed by atoms with Crippen LogP contribution in [-0.2, 0) is 22.4 Å². The Morgan fingerprint density at radius 2 is 2.12 bits per heavy atom. The predicted molar refractivity (Wildman–Crippen MR) is 95.3 cm³/mol. The molecule has 0 saturated heterocycles. The van der Waals surface area contributed by atoms with Gasteiger partial charge in [0.25, 0.3) is 0 Å². The molecule has 25 heavy (non-hydrogen) atoms. The summed E-state index contributed by atoms with van der Waals surface area (Å²) in [5, 5.41) is 15.0. The Bertz CT molecular complexity index is 698. The molecule has 1 heterocycles. The van der Waals surface area contributed by atoms with Crippen molar-refractivity contribution >= 4 is 17.6 Å². The summed E-state index contributed by atoms with van der Waals surface area (Å²) in [7, 11) is 0. The van der Waals surface area contributed by atoms with Crippen LogP contribution in [0.3, 0.4) is 0 Å². The number of anilines is 1. The lowest BCUT2D eigenvalue weighted by atomic mass is 10.0. The lowest BCUT2D eigenvalue weighted by Crippen LogP contribution is -2.45. The van der Waals surface area contributed by atoms with Crippen molar-refractivity contribution in [1.82, 2.24) is 15.3 Å².